The Morgan fingerprint density at radius 1 is 0.524 bits per heavy atom. The van der Waals surface area contributed by atoms with Crippen molar-refractivity contribution in [2.45, 2.75) is 103 Å². The minimum atomic E-state index is 0.838. The van der Waals surface area contributed by atoms with Crippen LogP contribution in [0.4, 0.5) is 0 Å². The van der Waals surface area contributed by atoms with Gasteiger partial charge in [0.25, 0.3) is 0 Å². The molecule has 0 amide bonds. The third-order valence-corrected chi connectivity index (χ3v) is 4.33. The van der Waals surface area contributed by atoms with E-state index in [1.54, 1.807) is 0 Å². The summed E-state index contributed by atoms with van der Waals surface area (Å²) in [6, 6.07) is 0. The third kappa shape index (κ3) is 20.2. The SMILES string of the molecule is CCCCOCCCCCCCCCCCCCCCCl. The zero-order chi connectivity index (χ0) is 15.4. The fourth-order valence-corrected chi connectivity index (χ4v) is 2.78. The fraction of sp³-hybridized carbons (Fsp3) is 1.00. The van der Waals surface area contributed by atoms with Gasteiger partial charge in [0.1, 0.15) is 0 Å². The average Bonchev–Trinajstić information content (AvgIpc) is 2.50. The molecule has 0 radical (unpaired) electrons. The van der Waals surface area contributed by atoms with Gasteiger partial charge in [0.15, 0.2) is 0 Å². The van der Waals surface area contributed by atoms with Crippen LogP contribution >= 0.6 is 11.6 Å². The molecule has 2 heteroatoms. The number of unbranched alkanes of at least 4 members (excludes halogenated alkanes) is 13. The van der Waals surface area contributed by atoms with Crippen LogP contribution < -0.4 is 0 Å². The standard InChI is InChI=1S/C19H39ClO/c1-2-3-18-21-19-16-14-12-10-8-6-4-5-7-9-11-13-15-17-20/h2-19H2,1H3. The van der Waals surface area contributed by atoms with Crippen molar-refractivity contribution in [2.75, 3.05) is 19.1 Å². The van der Waals surface area contributed by atoms with E-state index in [4.69, 9.17) is 16.3 Å². The van der Waals surface area contributed by atoms with Gasteiger partial charge in [0.05, 0.1) is 0 Å². The van der Waals surface area contributed by atoms with Crippen LogP contribution in [-0.4, -0.2) is 19.1 Å². The van der Waals surface area contributed by atoms with Crippen LogP contribution in [0, 0.1) is 0 Å². The van der Waals surface area contributed by atoms with E-state index in [1.165, 1.54) is 96.3 Å². The predicted octanol–water partition coefficient (Wildman–Crippen LogP) is 7.11. The Morgan fingerprint density at radius 3 is 1.33 bits per heavy atom. The molecule has 0 bridgehead atoms. The highest BCUT2D eigenvalue weighted by Crippen LogP contribution is 2.12. The molecule has 0 saturated carbocycles. The number of rotatable bonds is 18. The Balaban J connectivity index is 2.90. The molecule has 0 atom stereocenters. The quantitative estimate of drug-likeness (QED) is 0.193. The summed E-state index contributed by atoms with van der Waals surface area (Å²) in [5.41, 5.74) is 0. The normalized spacial score (nSPS) is 11.1. The molecule has 0 heterocycles. The molecular formula is C19H39ClO. The maximum Gasteiger partial charge on any atom is 0.0466 e. The van der Waals surface area contributed by atoms with Crippen LogP contribution in [0.5, 0.6) is 0 Å². The van der Waals surface area contributed by atoms with Crippen molar-refractivity contribution in [2.24, 2.45) is 0 Å². The lowest BCUT2D eigenvalue weighted by Crippen LogP contribution is -1.96. The summed E-state index contributed by atoms with van der Waals surface area (Å²) >= 11 is 5.67. The Labute approximate surface area is 139 Å². The molecule has 128 valence electrons. The lowest BCUT2D eigenvalue weighted by atomic mass is 10.0. The van der Waals surface area contributed by atoms with Gasteiger partial charge in [-0.3, -0.25) is 0 Å². The van der Waals surface area contributed by atoms with E-state index in [9.17, 15) is 0 Å². The molecule has 21 heavy (non-hydrogen) atoms. The van der Waals surface area contributed by atoms with Crippen LogP contribution in [0.3, 0.4) is 0 Å². The molecule has 0 saturated heterocycles. The van der Waals surface area contributed by atoms with Crippen LogP contribution in [0.2, 0.25) is 0 Å². The van der Waals surface area contributed by atoms with Crippen molar-refractivity contribution in [3.8, 4) is 0 Å². The number of halogens is 1. The van der Waals surface area contributed by atoms with Gasteiger partial charge in [-0.05, 0) is 19.3 Å². The summed E-state index contributed by atoms with van der Waals surface area (Å²) < 4.78 is 5.57. The van der Waals surface area contributed by atoms with E-state index in [1.807, 2.05) is 0 Å². The highest BCUT2D eigenvalue weighted by Gasteiger charge is 1.94. The molecule has 1 nitrogen and oxygen atoms in total. The van der Waals surface area contributed by atoms with E-state index in [-0.39, 0.29) is 0 Å². The van der Waals surface area contributed by atoms with Crippen molar-refractivity contribution in [3.05, 3.63) is 0 Å². The Kier molecular flexibility index (Phi) is 20.5. The molecule has 0 N–H and O–H groups in total. The maximum absolute atomic E-state index is 5.67. The summed E-state index contributed by atoms with van der Waals surface area (Å²) in [7, 11) is 0. The molecule has 0 aromatic rings. The molecule has 0 aliphatic heterocycles. The van der Waals surface area contributed by atoms with Gasteiger partial charge in [-0.15, -0.1) is 11.6 Å². The fourth-order valence-electron chi connectivity index (χ4n) is 2.59. The van der Waals surface area contributed by atoms with Crippen molar-refractivity contribution in [3.63, 3.8) is 0 Å². The monoisotopic (exact) mass is 318 g/mol. The summed E-state index contributed by atoms with van der Waals surface area (Å²) in [5, 5.41) is 0. The molecular weight excluding hydrogens is 280 g/mol. The highest BCUT2D eigenvalue weighted by molar-refractivity contribution is 6.17. The van der Waals surface area contributed by atoms with Gasteiger partial charge >= 0.3 is 0 Å². The first kappa shape index (κ1) is 21.2. The van der Waals surface area contributed by atoms with Gasteiger partial charge < -0.3 is 4.74 Å². The minimum absolute atomic E-state index is 0.838. The van der Waals surface area contributed by atoms with Crippen LogP contribution in [0.15, 0.2) is 0 Å². The predicted molar refractivity (Wildman–Crippen MR) is 96.5 cm³/mol. The summed E-state index contributed by atoms with van der Waals surface area (Å²) in [6.07, 6.45) is 20.4. The maximum atomic E-state index is 5.67. The Bertz CT molecular complexity index is 155. The van der Waals surface area contributed by atoms with Gasteiger partial charge in [-0.25, -0.2) is 0 Å². The second-order valence-electron chi connectivity index (χ2n) is 6.25. The van der Waals surface area contributed by atoms with Crippen molar-refractivity contribution >= 4 is 11.6 Å². The Morgan fingerprint density at radius 2 is 0.905 bits per heavy atom. The largest absolute Gasteiger partial charge is 0.381 e. The van der Waals surface area contributed by atoms with E-state index in [0.717, 1.165) is 19.1 Å². The zero-order valence-corrected chi connectivity index (χ0v) is 15.3. The molecule has 0 aliphatic rings. The smallest absolute Gasteiger partial charge is 0.0466 e. The number of ether oxygens (including phenoxy) is 1. The van der Waals surface area contributed by atoms with E-state index in [0.29, 0.717) is 0 Å². The number of hydrogen-bond donors (Lipinski definition) is 0. The van der Waals surface area contributed by atoms with Crippen LogP contribution in [0.1, 0.15) is 103 Å². The summed E-state index contributed by atoms with van der Waals surface area (Å²) in [4.78, 5) is 0. The molecule has 0 aromatic heterocycles. The lowest BCUT2D eigenvalue weighted by Gasteiger charge is -2.04. The molecule has 0 spiro atoms. The van der Waals surface area contributed by atoms with Crippen molar-refractivity contribution in [1.29, 1.82) is 0 Å². The van der Waals surface area contributed by atoms with Crippen molar-refractivity contribution in [1.82, 2.24) is 0 Å². The molecule has 0 rings (SSSR count). The molecule has 0 aliphatic carbocycles. The van der Waals surface area contributed by atoms with Crippen molar-refractivity contribution < 1.29 is 4.74 Å². The summed E-state index contributed by atoms with van der Waals surface area (Å²) in [5.74, 6) is 0.838. The van der Waals surface area contributed by atoms with Gasteiger partial charge in [0.2, 0.25) is 0 Å². The topological polar surface area (TPSA) is 9.23 Å². The number of hydrogen-bond acceptors (Lipinski definition) is 1. The lowest BCUT2D eigenvalue weighted by molar-refractivity contribution is 0.127. The van der Waals surface area contributed by atoms with E-state index in [2.05, 4.69) is 6.92 Å². The van der Waals surface area contributed by atoms with E-state index < -0.39 is 0 Å². The first-order chi connectivity index (χ1) is 10.4. The third-order valence-electron chi connectivity index (χ3n) is 4.06. The Hall–Kier alpha value is 0.250. The zero-order valence-electron chi connectivity index (χ0n) is 14.5. The van der Waals surface area contributed by atoms with Gasteiger partial charge in [-0.2, -0.15) is 0 Å². The van der Waals surface area contributed by atoms with Crippen LogP contribution in [0.25, 0.3) is 0 Å². The second-order valence-corrected chi connectivity index (χ2v) is 6.63. The molecule has 0 fully saturated rings. The summed E-state index contributed by atoms with van der Waals surface area (Å²) in [6.45, 7) is 4.15. The van der Waals surface area contributed by atoms with Gasteiger partial charge in [-0.1, -0.05) is 84.0 Å². The van der Waals surface area contributed by atoms with E-state index >= 15 is 0 Å². The molecule has 0 unspecified atom stereocenters. The second kappa shape index (κ2) is 20.2. The van der Waals surface area contributed by atoms with Crippen LogP contribution in [-0.2, 0) is 4.74 Å². The molecule has 0 aromatic carbocycles. The van der Waals surface area contributed by atoms with Gasteiger partial charge in [0, 0.05) is 19.1 Å². The highest BCUT2D eigenvalue weighted by atomic mass is 35.5. The minimum Gasteiger partial charge on any atom is -0.381 e. The average molecular weight is 319 g/mol. The first-order valence-electron chi connectivity index (χ1n) is 9.55. The number of alkyl halides is 1. The first-order valence-corrected chi connectivity index (χ1v) is 10.1.